The van der Waals surface area contributed by atoms with Crippen LogP contribution in [0.5, 0.6) is 0 Å². The number of hydrogen-bond acceptors (Lipinski definition) is 3. The summed E-state index contributed by atoms with van der Waals surface area (Å²) in [6.45, 7) is 1.33. The number of nitrogens with one attached hydrogen (secondary N) is 1. The highest BCUT2D eigenvalue weighted by Gasteiger charge is 2.34. The average molecular weight is 250 g/mol. The van der Waals surface area contributed by atoms with Crippen LogP contribution in [0.25, 0.3) is 0 Å². The van der Waals surface area contributed by atoms with Crippen LogP contribution >= 0.6 is 0 Å². The maximum Gasteiger partial charge on any atom is 0.224 e. The second-order valence-corrected chi connectivity index (χ2v) is 5.48. The van der Waals surface area contributed by atoms with E-state index in [4.69, 9.17) is 4.74 Å². The monoisotopic (exact) mass is 250 g/mol. The van der Waals surface area contributed by atoms with Crippen LogP contribution in [0.15, 0.2) is 0 Å². The van der Waals surface area contributed by atoms with E-state index in [9.17, 15) is 10.1 Å². The molecule has 1 heterocycles. The molecule has 100 valence electrons. The van der Waals surface area contributed by atoms with Crippen molar-refractivity contribution in [3.05, 3.63) is 0 Å². The Morgan fingerprint density at radius 2 is 1.78 bits per heavy atom. The second kappa shape index (κ2) is 6.19. The molecule has 1 saturated heterocycles. The molecule has 0 aromatic heterocycles. The first-order valence-electron chi connectivity index (χ1n) is 7.07. The fraction of sp³-hybridized carbons (Fsp3) is 0.857. The van der Waals surface area contributed by atoms with Gasteiger partial charge >= 0.3 is 0 Å². The number of nitrogens with zero attached hydrogens (tertiary/aromatic N) is 1. The average Bonchev–Trinajstić information content (AvgIpc) is 2.66. The fourth-order valence-electron chi connectivity index (χ4n) is 2.89. The number of rotatable bonds is 2. The topological polar surface area (TPSA) is 62.1 Å². The van der Waals surface area contributed by atoms with Crippen LogP contribution in [-0.2, 0) is 9.53 Å². The zero-order valence-corrected chi connectivity index (χ0v) is 10.9. The highest BCUT2D eigenvalue weighted by atomic mass is 16.5. The van der Waals surface area contributed by atoms with Gasteiger partial charge in [0.2, 0.25) is 5.91 Å². The lowest BCUT2D eigenvalue weighted by molar-refractivity contribution is -0.129. The summed E-state index contributed by atoms with van der Waals surface area (Å²) in [7, 11) is 0. The normalized spacial score (nSPS) is 24.8. The molecule has 1 N–H and O–H groups in total. The van der Waals surface area contributed by atoms with Crippen LogP contribution < -0.4 is 5.32 Å². The second-order valence-electron chi connectivity index (χ2n) is 5.48. The van der Waals surface area contributed by atoms with E-state index in [1.807, 2.05) is 0 Å². The van der Waals surface area contributed by atoms with Gasteiger partial charge in [0, 0.05) is 19.1 Å². The molecule has 0 atom stereocenters. The number of carbonyl (C=O) groups excluding carboxylic acids is 1. The van der Waals surface area contributed by atoms with Crippen LogP contribution in [0.4, 0.5) is 0 Å². The molecule has 0 spiro atoms. The molecule has 0 radical (unpaired) electrons. The van der Waals surface area contributed by atoms with Crippen molar-refractivity contribution in [3.8, 4) is 6.07 Å². The van der Waals surface area contributed by atoms with Gasteiger partial charge in [-0.15, -0.1) is 0 Å². The van der Waals surface area contributed by atoms with Gasteiger partial charge in [-0.1, -0.05) is 25.7 Å². The Morgan fingerprint density at radius 1 is 1.17 bits per heavy atom. The van der Waals surface area contributed by atoms with E-state index >= 15 is 0 Å². The zero-order chi connectivity index (χ0) is 12.8. The van der Waals surface area contributed by atoms with Gasteiger partial charge in [0.1, 0.15) is 5.54 Å². The van der Waals surface area contributed by atoms with Crippen LogP contribution in [0.3, 0.4) is 0 Å². The lowest BCUT2D eigenvalue weighted by Gasteiger charge is -2.30. The molecule has 0 unspecified atom stereocenters. The summed E-state index contributed by atoms with van der Waals surface area (Å²) >= 11 is 0. The minimum Gasteiger partial charge on any atom is -0.381 e. The number of carbonyl (C=O) groups is 1. The highest BCUT2D eigenvalue weighted by Crippen LogP contribution is 2.27. The Bertz CT molecular complexity index is 321. The molecule has 0 bridgehead atoms. The third kappa shape index (κ3) is 3.23. The zero-order valence-electron chi connectivity index (χ0n) is 10.9. The summed E-state index contributed by atoms with van der Waals surface area (Å²) in [5.41, 5.74) is -0.605. The third-order valence-electron chi connectivity index (χ3n) is 4.13. The summed E-state index contributed by atoms with van der Waals surface area (Å²) in [6.07, 6.45) is 7.62. The molecule has 4 nitrogen and oxygen atoms in total. The number of hydrogen-bond donors (Lipinski definition) is 1. The highest BCUT2D eigenvalue weighted by molar-refractivity contribution is 5.80. The first-order valence-corrected chi connectivity index (χ1v) is 7.07. The van der Waals surface area contributed by atoms with E-state index in [1.54, 1.807) is 0 Å². The predicted molar refractivity (Wildman–Crippen MR) is 67.7 cm³/mol. The summed E-state index contributed by atoms with van der Waals surface area (Å²) < 4.78 is 5.27. The Labute approximate surface area is 109 Å². The van der Waals surface area contributed by atoms with E-state index in [1.165, 1.54) is 12.8 Å². The Morgan fingerprint density at radius 3 is 2.33 bits per heavy atom. The number of amides is 1. The van der Waals surface area contributed by atoms with E-state index in [2.05, 4.69) is 11.4 Å². The van der Waals surface area contributed by atoms with Crippen molar-refractivity contribution in [1.29, 1.82) is 5.26 Å². The molecule has 1 aliphatic carbocycles. The van der Waals surface area contributed by atoms with Crippen molar-refractivity contribution in [3.63, 3.8) is 0 Å². The van der Waals surface area contributed by atoms with Crippen molar-refractivity contribution in [2.24, 2.45) is 5.92 Å². The van der Waals surface area contributed by atoms with Crippen molar-refractivity contribution in [2.45, 2.75) is 56.9 Å². The third-order valence-corrected chi connectivity index (χ3v) is 4.13. The van der Waals surface area contributed by atoms with Crippen LogP contribution in [0.1, 0.15) is 51.4 Å². The van der Waals surface area contributed by atoms with E-state index < -0.39 is 5.54 Å². The largest absolute Gasteiger partial charge is 0.381 e. The lowest BCUT2D eigenvalue weighted by atomic mass is 9.90. The molecular formula is C14H22N2O2. The van der Waals surface area contributed by atoms with E-state index in [-0.39, 0.29) is 11.8 Å². The van der Waals surface area contributed by atoms with Crippen LogP contribution in [0, 0.1) is 17.2 Å². The Balaban J connectivity index is 1.96. The van der Waals surface area contributed by atoms with Crippen molar-refractivity contribution < 1.29 is 9.53 Å². The standard InChI is InChI=1S/C14H22N2O2/c15-11-14(7-3-1-2-4-8-14)16-13(17)12-5-9-18-10-6-12/h12H,1-10H2,(H,16,17). The first-order chi connectivity index (χ1) is 8.76. The van der Waals surface area contributed by atoms with Gasteiger partial charge in [-0.05, 0) is 25.7 Å². The van der Waals surface area contributed by atoms with Crippen molar-refractivity contribution >= 4 is 5.91 Å². The summed E-state index contributed by atoms with van der Waals surface area (Å²) in [5, 5.41) is 12.5. The maximum atomic E-state index is 12.2. The van der Waals surface area contributed by atoms with Gasteiger partial charge in [0.25, 0.3) is 0 Å². The van der Waals surface area contributed by atoms with Gasteiger partial charge in [-0.2, -0.15) is 5.26 Å². The van der Waals surface area contributed by atoms with Gasteiger partial charge in [-0.3, -0.25) is 4.79 Å². The summed E-state index contributed by atoms with van der Waals surface area (Å²) in [4.78, 5) is 12.2. The SMILES string of the molecule is N#CC1(NC(=O)C2CCOCC2)CCCCCC1. The molecule has 2 fully saturated rings. The summed E-state index contributed by atoms with van der Waals surface area (Å²) in [6, 6.07) is 2.36. The van der Waals surface area contributed by atoms with E-state index in [0.29, 0.717) is 13.2 Å². The van der Waals surface area contributed by atoms with Crippen LogP contribution in [-0.4, -0.2) is 24.7 Å². The van der Waals surface area contributed by atoms with Gasteiger partial charge in [-0.25, -0.2) is 0 Å². The number of nitriles is 1. The minimum atomic E-state index is -0.605. The molecule has 2 aliphatic rings. The smallest absolute Gasteiger partial charge is 0.224 e. The van der Waals surface area contributed by atoms with Gasteiger partial charge in [0.15, 0.2) is 0 Å². The number of ether oxygens (including phenoxy) is 1. The minimum absolute atomic E-state index is 0.0345. The predicted octanol–water partition coefficient (Wildman–Crippen LogP) is 2.15. The molecule has 4 heteroatoms. The Kier molecular flexibility index (Phi) is 4.60. The molecule has 1 aliphatic heterocycles. The lowest BCUT2D eigenvalue weighted by Crippen LogP contribution is -2.50. The van der Waals surface area contributed by atoms with Crippen molar-refractivity contribution in [1.82, 2.24) is 5.32 Å². The maximum absolute atomic E-state index is 12.2. The molecule has 2 rings (SSSR count). The van der Waals surface area contributed by atoms with E-state index in [0.717, 1.165) is 38.5 Å². The molecule has 0 aromatic rings. The molecule has 1 amide bonds. The first kappa shape index (κ1) is 13.4. The molecular weight excluding hydrogens is 228 g/mol. The molecule has 18 heavy (non-hydrogen) atoms. The quantitative estimate of drug-likeness (QED) is 0.764. The van der Waals surface area contributed by atoms with Crippen LogP contribution in [0.2, 0.25) is 0 Å². The molecule has 1 saturated carbocycles. The van der Waals surface area contributed by atoms with Gasteiger partial charge in [0.05, 0.1) is 6.07 Å². The summed E-state index contributed by atoms with van der Waals surface area (Å²) in [5.74, 6) is 0.0916. The van der Waals surface area contributed by atoms with Crippen molar-refractivity contribution in [2.75, 3.05) is 13.2 Å². The van der Waals surface area contributed by atoms with Gasteiger partial charge < -0.3 is 10.1 Å². The fourth-order valence-corrected chi connectivity index (χ4v) is 2.89. The Hall–Kier alpha value is -1.08. The molecule has 0 aromatic carbocycles.